The van der Waals surface area contributed by atoms with Gasteiger partial charge in [-0.1, -0.05) is 0 Å². The molecule has 4 rings (SSSR count). The molecule has 0 unspecified atom stereocenters. The molecule has 2 fully saturated rings. The molecule has 4 nitrogen and oxygen atoms in total. The molecule has 2 aliphatic rings. The summed E-state index contributed by atoms with van der Waals surface area (Å²) in [6, 6.07) is 2.77. The number of nitrogens with zero attached hydrogens (tertiary/aromatic N) is 3. The smallest absolute Gasteiger partial charge is 0.228 e. The first-order valence-corrected chi connectivity index (χ1v) is 11.4. The highest BCUT2D eigenvalue weighted by Gasteiger charge is 2.28. The molecule has 0 radical (unpaired) electrons. The predicted octanol–water partition coefficient (Wildman–Crippen LogP) is 4.26. The van der Waals surface area contributed by atoms with Crippen LogP contribution < -0.4 is 0 Å². The molecule has 2 aliphatic heterocycles. The van der Waals surface area contributed by atoms with Gasteiger partial charge in [0.1, 0.15) is 5.01 Å². The second-order valence-corrected chi connectivity index (χ2v) is 9.49. The number of halogens is 1. The number of carbonyl (C=O) groups excluding carboxylic acids is 1. The molecule has 0 N–H and O–H groups in total. The van der Waals surface area contributed by atoms with Crippen LogP contribution in [0.1, 0.15) is 31.4 Å². The number of piperidine rings is 1. The Bertz CT molecular complexity index is 730. The molecule has 134 valence electrons. The van der Waals surface area contributed by atoms with Gasteiger partial charge in [-0.15, -0.1) is 22.7 Å². The van der Waals surface area contributed by atoms with E-state index in [1.807, 2.05) is 10.3 Å². The van der Waals surface area contributed by atoms with Gasteiger partial charge in [-0.25, -0.2) is 4.98 Å². The molecule has 7 heteroatoms. The van der Waals surface area contributed by atoms with E-state index in [2.05, 4.69) is 37.3 Å². The van der Waals surface area contributed by atoms with E-state index in [-0.39, 0.29) is 5.91 Å². The number of hydrogen-bond donors (Lipinski definition) is 0. The minimum absolute atomic E-state index is 0.226. The number of aromatic nitrogens is 1. The van der Waals surface area contributed by atoms with Crippen molar-refractivity contribution in [2.45, 2.75) is 38.1 Å². The molecule has 2 saturated heterocycles. The number of likely N-dealkylation sites (tertiary alicyclic amines) is 2. The Labute approximate surface area is 165 Å². The van der Waals surface area contributed by atoms with Gasteiger partial charge in [-0.05, 0) is 60.8 Å². The Hall–Kier alpha value is -0.760. The molecule has 1 amide bonds. The molecule has 2 aromatic heterocycles. The third-order valence-corrected chi connectivity index (χ3v) is 7.89. The van der Waals surface area contributed by atoms with Crippen LogP contribution in [0.25, 0.3) is 9.88 Å². The summed E-state index contributed by atoms with van der Waals surface area (Å²) in [5.41, 5.74) is 0.899. The van der Waals surface area contributed by atoms with Crippen LogP contribution in [0.2, 0.25) is 0 Å². The van der Waals surface area contributed by atoms with Crippen LogP contribution in [0.4, 0.5) is 0 Å². The minimum atomic E-state index is 0.226. The molecule has 0 atom stereocenters. The van der Waals surface area contributed by atoms with Crippen LogP contribution in [0, 0.1) is 0 Å². The first-order chi connectivity index (χ1) is 12.2. The number of carbonyl (C=O) groups is 1. The Balaban J connectivity index is 1.31. The molecule has 25 heavy (non-hydrogen) atoms. The fraction of sp³-hybridized carbons (Fsp3) is 0.556. The second kappa shape index (κ2) is 7.86. The summed E-state index contributed by atoms with van der Waals surface area (Å²) in [6.45, 7) is 4.29. The molecule has 4 heterocycles. The zero-order valence-electron chi connectivity index (χ0n) is 14.1. The summed E-state index contributed by atoms with van der Waals surface area (Å²) in [7, 11) is 0. The van der Waals surface area contributed by atoms with Crippen molar-refractivity contribution in [1.29, 1.82) is 0 Å². The first kappa shape index (κ1) is 17.6. The lowest BCUT2D eigenvalue weighted by molar-refractivity contribution is -0.132. The fourth-order valence-corrected chi connectivity index (χ4v) is 6.11. The van der Waals surface area contributed by atoms with Crippen LogP contribution in [-0.4, -0.2) is 52.9 Å². The van der Waals surface area contributed by atoms with Crippen molar-refractivity contribution >= 4 is 44.5 Å². The lowest BCUT2D eigenvalue weighted by Gasteiger charge is -2.36. The highest BCUT2D eigenvalue weighted by Crippen LogP contribution is 2.32. The van der Waals surface area contributed by atoms with E-state index in [4.69, 9.17) is 0 Å². The van der Waals surface area contributed by atoms with Gasteiger partial charge in [0, 0.05) is 34.4 Å². The highest BCUT2D eigenvalue weighted by atomic mass is 79.9. The number of hydrogen-bond acceptors (Lipinski definition) is 5. The summed E-state index contributed by atoms with van der Waals surface area (Å²) in [6.07, 6.45) is 5.35. The van der Waals surface area contributed by atoms with Crippen molar-refractivity contribution in [2.75, 3.05) is 26.2 Å². The Morgan fingerprint density at radius 1 is 1.16 bits per heavy atom. The van der Waals surface area contributed by atoms with Gasteiger partial charge in [0.15, 0.2) is 0 Å². The Morgan fingerprint density at radius 3 is 2.60 bits per heavy atom. The van der Waals surface area contributed by atoms with Gasteiger partial charge < -0.3 is 9.80 Å². The molecule has 0 aliphatic carbocycles. The number of rotatable bonds is 4. The molecule has 0 spiro atoms. The van der Waals surface area contributed by atoms with Gasteiger partial charge in [-0.2, -0.15) is 0 Å². The molecule has 0 saturated carbocycles. The zero-order chi connectivity index (χ0) is 17.2. The summed E-state index contributed by atoms with van der Waals surface area (Å²) in [5.74, 6) is 0.226. The summed E-state index contributed by atoms with van der Waals surface area (Å²) >= 11 is 6.78. The van der Waals surface area contributed by atoms with Crippen LogP contribution >= 0.6 is 38.6 Å². The maximum atomic E-state index is 12.6. The van der Waals surface area contributed by atoms with Crippen LogP contribution in [-0.2, 0) is 11.2 Å². The number of amides is 1. The van der Waals surface area contributed by atoms with E-state index in [1.165, 1.54) is 25.9 Å². The SMILES string of the molecule is O=C(Cc1csc(-c2cc(Br)cs2)n1)N1CCC(N2CCCC2)CC1. The summed E-state index contributed by atoms with van der Waals surface area (Å²) < 4.78 is 1.08. The third kappa shape index (κ3) is 4.15. The molecular formula is C18H22BrN3OS2. The first-order valence-electron chi connectivity index (χ1n) is 8.89. The summed E-state index contributed by atoms with van der Waals surface area (Å²) in [5, 5.41) is 5.09. The van der Waals surface area contributed by atoms with Crippen LogP contribution in [0.5, 0.6) is 0 Å². The van der Waals surface area contributed by atoms with Gasteiger partial charge in [0.25, 0.3) is 0 Å². The average molecular weight is 440 g/mol. The van der Waals surface area contributed by atoms with Crippen molar-refractivity contribution < 1.29 is 4.79 Å². The second-order valence-electron chi connectivity index (χ2n) is 6.80. The van der Waals surface area contributed by atoms with E-state index < -0.39 is 0 Å². The van der Waals surface area contributed by atoms with Crippen LogP contribution in [0.3, 0.4) is 0 Å². The lowest BCUT2D eigenvalue weighted by Crippen LogP contribution is -2.46. The minimum Gasteiger partial charge on any atom is -0.342 e. The zero-order valence-corrected chi connectivity index (χ0v) is 17.3. The Kier molecular flexibility index (Phi) is 5.55. The monoisotopic (exact) mass is 439 g/mol. The van der Waals surface area contributed by atoms with Gasteiger partial charge >= 0.3 is 0 Å². The van der Waals surface area contributed by atoms with Crippen molar-refractivity contribution in [3.8, 4) is 9.88 Å². The molecule has 2 aromatic rings. The van der Waals surface area contributed by atoms with Crippen molar-refractivity contribution in [1.82, 2.24) is 14.8 Å². The van der Waals surface area contributed by atoms with Gasteiger partial charge in [0.05, 0.1) is 17.0 Å². The number of thiophene rings is 1. The highest BCUT2D eigenvalue weighted by molar-refractivity contribution is 9.10. The maximum Gasteiger partial charge on any atom is 0.228 e. The van der Waals surface area contributed by atoms with Crippen molar-refractivity contribution in [3.63, 3.8) is 0 Å². The normalized spacial score (nSPS) is 19.6. The summed E-state index contributed by atoms with van der Waals surface area (Å²) in [4.78, 5) is 23.1. The molecule has 0 bridgehead atoms. The Morgan fingerprint density at radius 2 is 1.92 bits per heavy atom. The van der Waals surface area contributed by atoms with Gasteiger partial charge in [-0.3, -0.25) is 4.79 Å². The van der Waals surface area contributed by atoms with Crippen molar-refractivity contribution in [2.24, 2.45) is 0 Å². The van der Waals surface area contributed by atoms with Crippen LogP contribution in [0.15, 0.2) is 21.3 Å². The van der Waals surface area contributed by atoms with E-state index in [9.17, 15) is 4.79 Å². The van der Waals surface area contributed by atoms with Crippen molar-refractivity contribution in [3.05, 3.63) is 27.0 Å². The lowest BCUT2D eigenvalue weighted by atomic mass is 10.0. The standard InChI is InChI=1S/C18H22BrN3OS2/c19-13-9-16(24-11-13)18-20-14(12-25-18)10-17(23)22-7-3-15(4-8-22)21-5-1-2-6-21/h9,11-12,15H,1-8,10H2. The molecular weight excluding hydrogens is 418 g/mol. The third-order valence-electron chi connectivity index (χ3n) is 5.14. The predicted molar refractivity (Wildman–Crippen MR) is 107 cm³/mol. The van der Waals surface area contributed by atoms with E-state index in [0.717, 1.165) is 46.0 Å². The average Bonchev–Trinajstić information content (AvgIpc) is 3.36. The topological polar surface area (TPSA) is 36.4 Å². The van der Waals surface area contributed by atoms with E-state index in [1.54, 1.807) is 22.7 Å². The van der Waals surface area contributed by atoms with E-state index in [0.29, 0.717) is 12.5 Å². The van der Waals surface area contributed by atoms with Gasteiger partial charge in [0.2, 0.25) is 5.91 Å². The maximum absolute atomic E-state index is 12.6. The fourth-order valence-electron chi connectivity index (χ4n) is 3.78. The largest absolute Gasteiger partial charge is 0.342 e. The quantitative estimate of drug-likeness (QED) is 0.713. The van der Waals surface area contributed by atoms with E-state index >= 15 is 0 Å². The number of thiazole rings is 1. The molecule has 0 aromatic carbocycles.